The number of anilines is 1. The second-order valence-corrected chi connectivity index (χ2v) is 4.15. The van der Waals surface area contributed by atoms with E-state index in [0.29, 0.717) is 6.54 Å². The van der Waals surface area contributed by atoms with Gasteiger partial charge in [0.1, 0.15) is 5.82 Å². The summed E-state index contributed by atoms with van der Waals surface area (Å²) in [6, 6.07) is 3.58. The zero-order valence-corrected chi connectivity index (χ0v) is 10.4. The van der Waals surface area contributed by atoms with Crippen LogP contribution >= 0.6 is 0 Å². The summed E-state index contributed by atoms with van der Waals surface area (Å²) in [6.07, 6.45) is 3.61. The van der Waals surface area contributed by atoms with Crippen LogP contribution in [-0.2, 0) is 4.79 Å². The van der Waals surface area contributed by atoms with Gasteiger partial charge in [0, 0.05) is 24.8 Å². The molecule has 0 spiro atoms. The Balaban J connectivity index is 2.28. The average molecular weight is 248 g/mol. The minimum atomic E-state index is -0.800. The Hall–Kier alpha value is -2.11. The molecule has 0 saturated carbocycles. The van der Waals surface area contributed by atoms with Crippen molar-refractivity contribution in [3.63, 3.8) is 0 Å². The lowest BCUT2D eigenvalue weighted by Gasteiger charge is -2.28. The lowest BCUT2D eigenvalue weighted by molar-refractivity contribution is -0.137. The molecule has 0 saturated heterocycles. The number of rotatable bonds is 5. The van der Waals surface area contributed by atoms with Crippen molar-refractivity contribution < 1.29 is 9.90 Å². The number of carboxylic acids is 1. The largest absolute Gasteiger partial charge is 0.481 e. The molecule has 0 aromatic carbocycles. The lowest BCUT2D eigenvalue weighted by Crippen LogP contribution is -2.35. The molecule has 1 atom stereocenters. The predicted octanol–water partition coefficient (Wildman–Crippen LogP) is 1.42. The fourth-order valence-corrected chi connectivity index (χ4v) is 2.02. The maximum Gasteiger partial charge on any atom is 0.305 e. The molecule has 2 rings (SSSR count). The van der Waals surface area contributed by atoms with Crippen molar-refractivity contribution in [2.75, 3.05) is 11.4 Å². The smallest absolute Gasteiger partial charge is 0.305 e. The van der Waals surface area contributed by atoms with Crippen LogP contribution in [0.5, 0.6) is 0 Å². The van der Waals surface area contributed by atoms with E-state index in [2.05, 4.69) is 10.1 Å². The van der Waals surface area contributed by atoms with Gasteiger partial charge in [-0.05, 0) is 19.9 Å². The Labute approximate surface area is 105 Å². The Morgan fingerprint density at radius 3 is 3.00 bits per heavy atom. The summed E-state index contributed by atoms with van der Waals surface area (Å²) >= 11 is 0. The second kappa shape index (κ2) is 5.03. The predicted molar refractivity (Wildman–Crippen MR) is 67.7 cm³/mol. The number of fused-ring (bicyclic) bond motifs is 1. The molecule has 0 fully saturated rings. The number of carbonyl (C=O) groups is 1. The van der Waals surface area contributed by atoms with Crippen LogP contribution in [-0.4, -0.2) is 38.3 Å². The van der Waals surface area contributed by atoms with Crippen LogP contribution in [0.4, 0.5) is 5.82 Å². The highest BCUT2D eigenvalue weighted by atomic mass is 16.4. The summed E-state index contributed by atoms with van der Waals surface area (Å²) < 4.78 is 1.68. The number of aromatic nitrogens is 3. The fraction of sp³-hybridized carbons (Fsp3) is 0.417. The van der Waals surface area contributed by atoms with Crippen molar-refractivity contribution >= 4 is 17.4 Å². The standard InChI is InChI=1S/C12H16N4O2/c1-3-15(9(2)8-12(17)18)10-5-7-16-11(14-10)4-6-13-16/h4-7,9H,3,8H2,1-2H3,(H,17,18). The van der Waals surface area contributed by atoms with E-state index in [9.17, 15) is 4.79 Å². The van der Waals surface area contributed by atoms with E-state index in [1.165, 1.54) is 0 Å². The average Bonchev–Trinajstić information content (AvgIpc) is 2.76. The monoisotopic (exact) mass is 248 g/mol. The van der Waals surface area contributed by atoms with Crippen LogP contribution in [0.25, 0.3) is 5.65 Å². The zero-order chi connectivity index (χ0) is 13.1. The third-order valence-corrected chi connectivity index (χ3v) is 2.88. The molecule has 6 heteroatoms. The third-order valence-electron chi connectivity index (χ3n) is 2.88. The molecule has 6 nitrogen and oxygen atoms in total. The van der Waals surface area contributed by atoms with Crippen LogP contribution in [0, 0.1) is 0 Å². The first-order chi connectivity index (χ1) is 8.61. The van der Waals surface area contributed by atoms with Gasteiger partial charge in [0.25, 0.3) is 0 Å². The molecule has 0 amide bonds. The Bertz CT molecular complexity index is 552. The number of carboxylic acid groups (broad SMARTS) is 1. The van der Waals surface area contributed by atoms with Crippen LogP contribution < -0.4 is 4.90 Å². The van der Waals surface area contributed by atoms with E-state index in [-0.39, 0.29) is 12.5 Å². The summed E-state index contributed by atoms with van der Waals surface area (Å²) in [6.45, 7) is 4.59. The SMILES string of the molecule is CCN(c1ccn2nccc2n1)C(C)CC(=O)O. The van der Waals surface area contributed by atoms with E-state index < -0.39 is 5.97 Å². The van der Waals surface area contributed by atoms with E-state index in [0.717, 1.165) is 11.5 Å². The van der Waals surface area contributed by atoms with Crippen LogP contribution in [0.15, 0.2) is 24.5 Å². The molecule has 0 aliphatic heterocycles. The van der Waals surface area contributed by atoms with Gasteiger partial charge < -0.3 is 10.0 Å². The second-order valence-electron chi connectivity index (χ2n) is 4.15. The van der Waals surface area contributed by atoms with Gasteiger partial charge >= 0.3 is 5.97 Å². The van der Waals surface area contributed by atoms with Crippen molar-refractivity contribution in [3.05, 3.63) is 24.5 Å². The zero-order valence-electron chi connectivity index (χ0n) is 10.4. The molecule has 18 heavy (non-hydrogen) atoms. The van der Waals surface area contributed by atoms with E-state index in [1.807, 2.05) is 37.1 Å². The minimum absolute atomic E-state index is 0.0922. The van der Waals surface area contributed by atoms with E-state index >= 15 is 0 Å². The number of hydrogen-bond acceptors (Lipinski definition) is 4. The third kappa shape index (κ3) is 2.42. The molecular weight excluding hydrogens is 232 g/mol. The van der Waals surface area contributed by atoms with E-state index in [1.54, 1.807) is 10.7 Å². The summed E-state index contributed by atoms with van der Waals surface area (Å²) in [5.41, 5.74) is 0.758. The summed E-state index contributed by atoms with van der Waals surface area (Å²) in [7, 11) is 0. The van der Waals surface area contributed by atoms with Gasteiger partial charge in [-0.3, -0.25) is 4.79 Å². The molecule has 96 valence electrons. The topological polar surface area (TPSA) is 70.7 Å². The van der Waals surface area contributed by atoms with Gasteiger partial charge in [0.2, 0.25) is 0 Å². The summed E-state index contributed by atoms with van der Waals surface area (Å²) in [4.78, 5) is 17.2. The highest BCUT2D eigenvalue weighted by Crippen LogP contribution is 2.16. The van der Waals surface area contributed by atoms with Crippen molar-refractivity contribution in [3.8, 4) is 0 Å². The molecule has 1 N–H and O–H groups in total. The first-order valence-electron chi connectivity index (χ1n) is 5.90. The van der Waals surface area contributed by atoms with Crippen LogP contribution in [0.3, 0.4) is 0 Å². The Kier molecular flexibility index (Phi) is 3.45. The number of aliphatic carboxylic acids is 1. The Morgan fingerprint density at radius 2 is 2.33 bits per heavy atom. The van der Waals surface area contributed by atoms with Gasteiger partial charge in [-0.15, -0.1) is 0 Å². The van der Waals surface area contributed by atoms with Crippen LogP contribution in [0.1, 0.15) is 20.3 Å². The van der Waals surface area contributed by atoms with Crippen molar-refractivity contribution in [1.82, 2.24) is 14.6 Å². The molecule has 2 aromatic rings. The number of nitrogens with zero attached hydrogens (tertiary/aromatic N) is 4. The molecule has 0 radical (unpaired) electrons. The summed E-state index contributed by atoms with van der Waals surface area (Å²) in [5, 5.41) is 12.9. The van der Waals surface area contributed by atoms with Crippen molar-refractivity contribution in [2.24, 2.45) is 0 Å². The van der Waals surface area contributed by atoms with Gasteiger partial charge in [0.05, 0.1) is 12.6 Å². The molecule has 0 aliphatic rings. The fourth-order valence-electron chi connectivity index (χ4n) is 2.02. The first-order valence-corrected chi connectivity index (χ1v) is 5.90. The van der Waals surface area contributed by atoms with Gasteiger partial charge in [0.15, 0.2) is 5.65 Å². The molecule has 0 aliphatic carbocycles. The highest BCUT2D eigenvalue weighted by molar-refractivity contribution is 5.68. The minimum Gasteiger partial charge on any atom is -0.481 e. The van der Waals surface area contributed by atoms with Gasteiger partial charge in [-0.25, -0.2) is 9.50 Å². The normalized spacial score (nSPS) is 12.6. The molecular formula is C12H16N4O2. The Morgan fingerprint density at radius 1 is 1.56 bits per heavy atom. The van der Waals surface area contributed by atoms with Crippen LogP contribution in [0.2, 0.25) is 0 Å². The number of hydrogen-bond donors (Lipinski definition) is 1. The maximum atomic E-state index is 10.8. The van der Waals surface area contributed by atoms with Crippen molar-refractivity contribution in [1.29, 1.82) is 0 Å². The first kappa shape index (κ1) is 12.3. The lowest BCUT2D eigenvalue weighted by atomic mass is 10.2. The quantitative estimate of drug-likeness (QED) is 0.866. The summed E-state index contributed by atoms with van der Waals surface area (Å²) in [5.74, 6) is -0.0226. The maximum absolute atomic E-state index is 10.8. The molecule has 2 aromatic heterocycles. The van der Waals surface area contributed by atoms with Gasteiger partial charge in [-0.1, -0.05) is 0 Å². The molecule has 0 bridgehead atoms. The van der Waals surface area contributed by atoms with Crippen molar-refractivity contribution in [2.45, 2.75) is 26.3 Å². The van der Waals surface area contributed by atoms with Gasteiger partial charge in [-0.2, -0.15) is 5.10 Å². The molecule has 2 heterocycles. The van der Waals surface area contributed by atoms with E-state index in [4.69, 9.17) is 5.11 Å². The highest BCUT2D eigenvalue weighted by Gasteiger charge is 2.17. The molecule has 1 unspecified atom stereocenters.